The van der Waals surface area contributed by atoms with Crippen LogP contribution in [0.4, 0.5) is 4.79 Å². The molecule has 2 aromatic rings. The van der Waals surface area contributed by atoms with Crippen LogP contribution in [0.1, 0.15) is 16.7 Å². The molecule has 1 aliphatic heterocycles. The molecule has 1 aliphatic rings. The van der Waals surface area contributed by atoms with Gasteiger partial charge in [0.2, 0.25) is 0 Å². The lowest BCUT2D eigenvalue weighted by Crippen LogP contribution is -2.30. The first-order chi connectivity index (χ1) is 14.8. The lowest BCUT2D eigenvalue weighted by Gasteiger charge is -2.13. The normalized spacial score (nSPS) is 14.6. The van der Waals surface area contributed by atoms with Crippen LogP contribution in [0.3, 0.4) is 0 Å². The van der Waals surface area contributed by atoms with E-state index in [0.717, 1.165) is 16.0 Å². The number of rotatable bonds is 7. The second-order valence-corrected chi connectivity index (χ2v) is 7.93. The summed E-state index contributed by atoms with van der Waals surface area (Å²) in [6.07, 6.45) is 1.57. The van der Waals surface area contributed by atoms with Crippen LogP contribution < -0.4 is 14.8 Å². The Kier molecular flexibility index (Phi) is 7.16. The van der Waals surface area contributed by atoms with Gasteiger partial charge < -0.3 is 19.5 Å². The second kappa shape index (κ2) is 9.82. The van der Waals surface area contributed by atoms with Crippen molar-refractivity contribution in [2.24, 2.45) is 0 Å². The number of benzene rings is 2. The fourth-order valence-corrected chi connectivity index (χ4v) is 3.81. The van der Waals surface area contributed by atoms with Gasteiger partial charge in [-0.05, 0) is 58.9 Å². The molecule has 162 valence electrons. The van der Waals surface area contributed by atoms with Crippen molar-refractivity contribution in [2.75, 3.05) is 20.8 Å². The number of halogens is 1. The van der Waals surface area contributed by atoms with Crippen molar-refractivity contribution in [1.82, 2.24) is 10.2 Å². The molecule has 9 heteroatoms. The van der Waals surface area contributed by atoms with Gasteiger partial charge in [-0.25, -0.2) is 9.59 Å². The third-order valence-electron chi connectivity index (χ3n) is 4.51. The molecule has 1 N–H and O–H groups in total. The van der Waals surface area contributed by atoms with Crippen LogP contribution in [0.15, 0.2) is 42.1 Å². The molecule has 0 radical (unpaired) electrons. The van der Waals surface area contributed by atoms with Crippen molar-refractivity contribution >= 4 is 46.6 Å². The van der Waals surface area contributed by atoms with Gasteiger partial charge >= 0.3 is 12.0 Å². The van der Waals surface area contributed by atoms with Gasteiger partial charge in [0, 0.05) is 0 Å². The first-order valence-electron chi connectivity index (χ1n) is 9.29. The van der Waals surface area contributed by atoms with Crippen molar-refractivity contribution in [3.8, 4) is 11.5 Å². The Morgan fingerprint density at radius 2 is 1.97 bits per heavy atom. The number of carbonyl (C=O) groups excluding carboxylic acids is 3. The molecule has 31 heavy (non-hydrogen) atoms. The van der Waals surface area contributed by atoms with Crippen molar-refractivity contribution in [3.05, 3.63) is 62.4 Å². The van der Waals surface area contributed by atoms with Crippen molar-refractivity contribution in [3.63, 3.8) is 0 Å². The summed E-state index contributed by atoms with van der Waals surface area (Å²) in [5.41, 5.74) is 2.72. The van der Waals surface area contributed by atoms with E-state index in [9.17, 15) is 14.4 Å². The first kappa shape index (κ1) is 22.6. The van der Waals surface area contributed by atoms with Gasteiger partial charge in [-0.3, -0.25) is 9.69 Å². The second-order valence-electron chi connectivity index (χ2n) is 6.77. The fraction of sp³-hybridized carbons (Fsp3) is 0.227. The summed E-state index contributed by atoms with van der Waals surface area (Å²) >= 11 is 2.04. The molecule has 0 atom stereocenters. The maximum absolute atomic E-state index is 12.8. The van der Waals surface area contributed by atoms with Gasteiger partial charge in [-0.15, -0.1) is 0 Å². The SMILES string of the molecule is COC(=O)COc1c(I)cc(/C=C2/NC(=O)N(Cc3cccc(C)c3)C2=O)cc1OC. The molecule has 0 aromatic heterocycles. The van der Waals surface area contributed by atoms with Crippen LogP contribution in [0.5, 0.6) is 11.5 Å². The predicted octanol–water partition coefficient (Wildman–Crippen LogP) is 3.25. The number of amides is 3. The zero-order valence-electron chi connectivity index (χ0n) is 17.2. The maximum atomic E-state index is 12.8. The fourth-order valence-electron chi connectivity index (χ4n) is 3.03. The number of urea groups is 1. The topological polar surface area (TPSA) is 94.2 Å². The maximum Gasteiger partial charge on any atom is 0.343 e. The minimum atomic E-state index is -0.517. The van der Waals surface area contributed by atoms with Gasteiger partial charge in [0.15, 0.2) is 18.1 Å². The summed E-state index contributed by atoms with van der Waals surface area (Å²) in [7, 11) is 2.75. The highest BCUT2D eigenvalue weighted by Crippen LogP contribution is 2.35. The number of aryl methyl sites for hydroxylation is 1. The Morgan fingerprint density at radius 3 is 2.65 bits per heavy atom. The number of carbonyl (C=O) groups is 3. The van der Waals surface area contributed by atoms with Crippen LogP contribution in [0.2, 0.25) is 0 Å². The highest BCUT2D eigenvalue weighted by atomic mass is 127. The Bertz CT molecular complexity index is 1070. The van der Waals surface area contributed by atoms with Gasteiger partial charge in [0.25, 0.3) is 5.91 Å². The Morgan fingerprint density at radius 1 is 1.19 bits per heavy atom. The molecular weight excluding hydrogens is 515 g/mol. The van der Waals surface area contributed by atoms with Gasteiger partial charge in [-0.2, -0.15) is 0 Å². The number of nitrogens with zero attached hydrogens (tertiary/aromatic N) is 1. The monoisotopic (exact) mass is 536 g/mol. The summed E-state index contributed by atoms with van der Waals surface area (Å²) in [5.74, 6) is -0.155. The molecule has 3 rings (SSSR count). The van der Waals surface area contributed by atoms with Gasteiger partial charge in [0.05, 0.1) is 24.3 Å². The largest absolute Gasteiger partial charge is 0.493 e. The van der Waals surface area contributed by atoms with E-state index in [1.54, 1.807) is 18.2 Å². The van der Waals surface area contributed by atoms with E-state index in [2.05, 4.69) is 10.1 Å². The molecule has 0 bridgehead atoms. The Hall–Kier alpha value is -3.08. The van der Waals surface area contributed by atoms with E-state index >= 15 is 0 Å². The highest BCUT2D eigenvalue weighted by Gasteiger charge is 2.33. The van der Waals surface area contributed by atoms with Crippen molar-refractivity contribution < 1.29 is 28.6 Å². The number of hydrogen-bond donors (Lipinski definition) is 1. The van der Waals surface area contributed by atoms with Crippen LogP contribution >= 0.6 is 22.6 Å². The zero-order chi connectivity index (χ0) is 22.5. The van der Waals surface area contributed by atoms with Crippen molar-refractivity contribution in [2.45, 2.75) is 13.5 Å². The molecule has 0 unspecified atom stereocenters. The Labute approximate surface area is 193 Å². The smallest absolute Gasteiger partial charge is 0.343 e. The molecule has 1 heterocycles. The number of ether oxygens (including phenoxy) is 3. The molecule has 0 aliphatic carbocycles. The van der Waals surface area contributed by atoms with E-state index in [0.29, 0.717) is 20.6 Å². The summed E-state index contributed by atoms with van der Waals surface area (Å²) in [6, 6.07) is 10.6. The van der Waals surface area contributed by atoms with E-state index in [1.165, 1.54) is 14.2 Å². The minimum Gasteiger partial charge on any atom is -0.493 e. The van der Waals surface area contributed by atoms with Gasteiger partial charge in [0.1, 0.15) is 5.70 Å². The molecule has 1 saturated heterocycles. The number of methoxy groups -OCH3 is 2. The number of hydrogen-bond acceptors (Lipinski definition) is 6. The summed E-state index contributed by atoms with van der Waals surface area (Å²) < 4.78 is 16.1. The van der Waals surface area contributed by atoms with Crippen molar-refractivity contribution in [1.29, 1.82) is 0 Å². The average molecular weight is 536 g/mol. The summed E-state index contributed by atoms with van der Waals surface area (Å²) in [5, 5.41) is 2.62. The molecule has 3 amide bonds. The molecule has 8 nitrogen and oxygen atoms in total. The van der Waals surface area contributed by atoms with Crippen LogP contribution in [0, 0.1) is 10.5 Å². The van der Waals surface area contributed by atoms with E-state index in [1.807, 2.05) is 53.8 Å². The molecule has 0 spiro atoms. The standard InChI is InChI=1S/C22H21IN2O6/c1-13-5-4-6-14(7-13)11-25-21(27)17(24-22(25)28)9-15-8-16(23)20(18(10-15)29-2)31-12-19(26)30-3/h4-10H,11-12H2,1-3H3,(H,24,28)/b17-9+. The summed E-state index contributed by atoms with van der Waals surface area (Å²) in [6.45, 7) is 1.88. The lowest BCUT2D eigenvalue weighted by molar-refractivity contribution is -0.143. The van der Waals surface area contributed by atoms with Crippen LogP contribution in [-0.2, 0) is 20.9 Å². The minimum absolute atomic E-state index is 0.165. The lowest BCUT2D eigenvalue weighted by atomic mass is 10.1. The number of nitrogens with one attached hydrogen (secondary N) is 1. The molecular formula is C22H21IN2O6. The number of imide groups is 1. The predicted molar refractivity (Wildman–Crippen MR) is 121 cm³/mol. The quantitative estimate of drug-likeness (QED) is 0.253. The Balaban J connectivity index is 1.82. The van der Waals surface area contributed by atoms with E-state index in [4.69, 9.17) is 9.47 Å². The van der Waals surface area contributed by atoms with Gasteiger partial charge in [-0.1, -0.05) is 29.8 Å². The molecule has 2 aromatic carbocycles. The third-order valence-corrected chi connectivity index (χ3v) is 5.31. The van der Waals surface area contributed by atoms with E-state index < -0.39 is 17.9 Å². The zero-order valence-corrected chi connectivity index (χ0v) is 19.4. The van der Waals surface area contributed by atoms with Crippen LogP contribution in [-0.4, -0.2) is 43.6 Å². The average Bonchev–Trinajstić information content (AvgIpc) is 2.99. The summed E-state index contributed by atoms with van der Waals surface area (Å²) in [4.78, 5) is 37.7. The molecule has 1 fully saturated rings. The highest BCUT2D eigenvalue weighted by molar-refractivity contribution is 14.1. The van der Waals surface area contributed by atoms with Crippen LogP contribution in [0.25, 0.3) is 6.08 Å². The first-order valence-corrected chi connectivity index (χ1v) is 10.4. The third kappa shape index (κ3) is 5.35. The molecule has 0 saturated carbocycles. The van der Waals surface area contributed by atoms with E-state index in [-0.39, 0.29) is 18.8 Å². The number of esters is 1.